The third-order valence-corrected chi connectivity index (χ3v) is 4.26. The monoisotopic (exact) mass is 394 g/mol. The van der Waals surface area contributed by atoms with E-state index in [4.69, 9.17) is 5.73 Å². The third kappa shape index (κ3) is 1.87. The van der Waals surface area contributed by atoms with E-state index in [-0.39, 0.29) is 11.5 Å². The topological polar surface area (TPSA) is 63.4 Å². The van der Waals surface area contributed by atoms with Gasteiger partial charge < -0.3 is 5.73 Å². The minimum Gasteiger partial charge on any atom is -0.398 e. The fraction of sp³-hybridized carbons (Fsp3) is 0. The molecule has 20 heavy (non-hydrogen) atoms. The predicted molar refractivity (Wildman–Crippen MR) is 83.8 cm³/mol. The van der Waals surface area contributed by atoms with Gasteiger partial charge >= 0.3 is 0 Å². The number of carbonyl (C=O) groups excluding carboxylic acids is 2. The van der Waals surface area contributed by atoms with Crippen LogP contribution in [-0.2, 0) is 0 Å². The number of fused-ring (bicyclic) bond motifs is 1. The molecule has 0 unspecified atom stereocenters. The summed E-state index contributed by atoms with van der Waals surface area (Å²) in [4.78, 5) is 26.1. The van der Waals surface area contributed by atoms with Gasteiger partial charge in [0.2, 0.25) is 0 Å². The maximum Gasteiger partial charge on any atom is 0.268 e. The van der Waals surface area contributed by atoms with Gasteiger partial charge in [-0.1, -0.05) is 22.0 Å². The quantitative estimate of drug-likeness (QED) is 0.592. The first-order chi connectivity index (χ1) is 9.50. The standard InChI is InChI=1S/C14H8Br2N2O2/c15-7-4-5-9(16)11(6-7)18-13(19)8-2-1-3-10(17)12(8)14(18)20/h1-6H,17H2. The molecule has 1 aliphatic rings. The zero-order valence-electron chi connectivity index (χ0n) is 10.1. The molecule has 1 heterocycles. The average molecular weight is 396 g/mol. The molecule has 0 radical (unpaired) electrons. The van der Waals surface area contributed by atoms with Gasteiger partial charge in [-0.25, -0.2) is 4.90 Å². The molecule has 0 atom stereocenters. The lowest BCUT2D eigenvalue weighted by Gasteiger charge is -2.16. The molecule has 2 N–H and O–H groups in total. The fourth-order valence-corrected chi connectivity index (χ4v) is 2.96. The molecule has 0 aromatic heterocycles. The average Bonchev–Trinajstić information content (AvgIpc) is 2.66. The summed E-state index contributed by atoms with van der Waals surface area (Å²) in [6.45, 7) is 0. The van der Waals surface area contributed by atoms with Crippen molar-refractivity contribution in [2.24, 2.45) is 0 Å². The van der Waals surface area contributed by atoms with Crippen LogP contribution >= 0.6 is 31.9 Å². The Morgan fingerprint density at radius 3 is 2.45 bits per heavy atom. The normalized spacial score (nSPS) is 13.8. The van der Waals surface area contributed by atoms with Crippen LogP contribution < -0.4 is 10.6 Å². The highest BCUT2D eigenvalue weighted by Crippen LogP contribution is 2.36. The maximum atomic E-state index is 12.5. The van der Waals surface area contributed by atoms with Crippen LogP contribution in [-0.4, -0.2) is 11.8 Å². The zero-order valence-corrected chi connectivity index (χ0v) is 13.2. The molecule has 0 fully saturated rings. The van der Waals surface area contributed by atoms with Crippen LogP contribution in [0.3, 0.4) is 0 Å². The van der Waals surface area contributed by atoms with Crippen molar-refractivity contribution in [2.45, 2.75) is 0 Å². The van der Waals surface area contributed by atoms with E-state index >= 15 is 0 Å². The third-order valence-electron chi connectivity index (χ3n) is 3.10. The van der Waals surface area contributed by atoms with E-state index < -0.39 is 5.91 Å². The number of nitrogens with zero attached hydrogens (tertiary/aromatic N) is 1. The number of hydrogen-bond donors (Lipinski definition) is 1. The molecule has 0 saturated carbocycles. The van der Waals surface area contributed by atoms with Gasteiger partial charge in [0.1, 0.15) is 0 Å². The van der Waals surface area contributed by atoms with Crippen molar-refractivity contribution in [3.63, 3.8) is 0 Å². The summed E-state index contributed by atoms with van der Waals surface area (Å²) in [6.07, 6.45) is 0. The van der Waals surface area contributed by atoms with Crippen LogP contribution in [0.25, 0.3) is 0 Å². The molecule has 4 nitrogen and oxygen atoms in total. The van der Waals surface area contributed by atoms with E-state index in [0.29, 0.717) is 21.4 Å². The number of amides is 2. The highest BCUT2D eigenvalue weighted by atomic mass is 79.9. The Kier molecular flexibility index (Phi) is 3.14. The zero-order chi connectivity index (χ0) is 14.4. The number of imide groups is 1. The Morgan fingerprint density at radius 2 is 1.75 bits per heavy atom. The van der Waals surface area contributed by atoms with Gasteiger partial charge in [-0.05, 0) is 46.3 Å². The molecule has 0 aliphatic carbocycles. The first-order valence-electron chi connectivity index (χ1n) is 5.73. The van der Waals surface area contributed by atoms with Gasteiger partial charge in [0.15, 0.2) is 0 Å². The van der Waals surface area contributed by atoms with Gasteiger partial charge in [-0.2, -0.15) is 0 Å². The molecular weight excluding hydrogens is 388 g/mol. The number of hydrogen-bond acceptors (Lipinski definition) is 3. The fourth-order valence-electron chi connectivity index (χ4n) is 2.19. The van der Waals surface area contributed by atoms with Crippen molar-refractivity contribution in [1.29, 1.82) is 0 Å². The van der Waals surface area contributed by atoms with Crippen molar-refractivity contribution < 1.29 is 9.59 Å². The number of nitrogen functional groups attached to an aromatic ring is 1. The second-order valence-electron chi connectivity index (χ2n) is 4.31. The van der Waals surface area contributed by atoms with Gasteiger partial charge in [0.25, 0.3) is 11.8 Å². The molecule has 100 valence electrons. The van der Waals surface area contributed by atoms with E-state index in [1.165, 1.54) is 0 Å². The summed E-state index contributed by atoms with van der Waals surface area (Å²) in [6, 6.07) is 10.2. The Bertz CT molecular complexity index is 759. The molecule has 0 spiro atoms. The smallest absolute Gasteiger partial charge is 0.268 e. The Hall–Kier alpha value is -1.66. The summed E-state index contributed by atoms with van der Waals surface area (Å²) in [5.74, 6) is -0.766. The second kappa shape index (κ2) is 4.71. The first-order valence-corrected chi connectivity index (χ1v) is 7.31. The summed E-state index contributed by atoms with van der Waals surface area (Å²) in [7, 11) is 0. The molecule has 1 aliphatic heterocycles. The Morgan fingerprint density at radius 1 is 1.00 bits per heavy atom. The van der Waals surface area contributed by atoms with Crippen molar-refractivity contribution in [3.05, 3.63) is 56.5 Å². The minimum atomic E-state index is -0.401. The molecular formula is C14H8Br2N2O2. The van der Waals surface area contributed by atoms with E-state index in [1.54, 1.807) is 30.3 Å². The van der Waals surface area contributed by atoms with E-state index in [9.17, 15) is 9.59 Å². The highest BCUT2D eigenvalue weighted by molar-refractivity contribution is 9.11. The number of anilines is 2. The largest absolute Gasteiger partial charge is 0.398 e. The van der Waals surface area contributed by atoms with E-state index in [0.717, 1.165) is 9.37 Å². The van der Waals surface area contributed by atoms with Gasteiger partial charge in [-0.15, -0.1) is 0 Å². The van der Waals surface area contributed by atoms with E-state index in [2.05, 4.69) is 31.9 Å². The van der Waals surface area contributed by atoms with Crippen LogP contribution in [0.5, 0.6) is 0 Å². The number of rotatable bonds is 1. The Labute approximate surface area is 131 Å². The molecule has 0 bridgehead atoms. The number of halogens is 2. The SMILES string of the molecule is Nc1cccc2c1C(=O)N(c1cc(Br)ccc1Br)C2=O. The van der Waals surface area contributed by atoms with Crippen molar-refractivity contribution >= 4 is 55.0 Å². The molecule has 0 saturated heterocycles. The maximum absolute atomic E-state index is 12.5. The molecule has 6 heteroatoms. The van der Waals surface area contributed by atoms with Gasteiger partial charge in [0.05, 0.1) is 16.8 Å². The highest BCUT2D eigenvalue weighted by Gasteiger charge is 2.38. The molecule has 2 amide bonds. The second-order valence-corrected chi connectivity index (χ2v) is 6.08. The first kappa shape index (κ1) is 13.3. The van der Waals surface area contributed by atoms with Crippen molar-refractivity contribution in [2.75, 3.05) is 10.6 Å². The molecule has 3 rings (SSSR count). The summed E-state index contributed by atoms with van der Waals surface area (Å²) in [5.41, 5.74) is 7.22. The number of nitrogens with two attached hydrogens (primary N) is 1. The van der Waals surface area contributed by atoms with Crippen molar-refractivity contribution in [3.8, 4) is 0 Å². The van der Waals surface area contributed by atoms with Gasteiger partial charge in [0, 0.05) is 14.6 Å². The lowest BCUT2D eigenvalue weighted by Crippen LogP contribution is -2.29. The van der Waals surface area contributed by atoms with Crippen LogP contribution in [0.4, 0.5) is 11.4 Å². The molecule has 2 aromatic rings. The van der Waals surface area contributed by atoms with E-state index in [1.807, 2.05) is 6.07 Å². The summed E-state index contributed by atoms with van der Waals surface area (Å²) in [5, 5.41) is 0. The van der Waals surface area contributed by atoms with Gasteiger partial charge in [-0.3, -0.25) is 9.59 Å². The van der Waals surface area contributed by atoms with Crippen LogP contribution in [0.2, 0.25) is 0 Å². The lowest BCUT2D eigenvalue weighted by atomic mass is 10.1. The number of benzene rings is 2. The summed E-state index contributed by atoms with van der Waals surface area (Å²) >= 11 is 6.70. The molecule has 2 aromatic carbocycles. The lowest BCUT2D eigenvalue weighted by molar-refractivity contribution is 0.0926. The van der Waals surface area contributed by atoms with Crippen LogP contribution in [0.15, 0.2) is 45.3 Å². The summed E-state index contributed by atoms with van der Waals surface area (Å²) < 4.78 is 1.44. The predicted octanol–water partition coefficient (Wildman–Crippen LogP) is 3.59. The van der Waals surface area contributed by atoms with Crippen LogP contribution in [0, 0.1) is 0 Å². The number of carbonyl (C=O) groups is 2. The Balaban J connectivity index is 2.19. The van der Waals surface area contributed by atoms with Crippen molar-refractivity contribution in [1.82, 2.24) is 0 Å². The minimum absolute atomic E-state index is 0.268. The van der Waals surface area contributed by atoms with Crippen LogP contribution in [0.1, 0.15) is 20.7 Å².